The Hall–Kier alpha value is -1.44. The SMILES string of the molecule is C[C@H]1COCCN1c1cc(C[SH+]c2ccc(F)cc2F)nc(Cl)n1. The van der Waals surface area contributed by atoms with Crippen molar-refractivity contribution in [3.63, 3.8) is 0 Å². The van der Waals surface area contributed by atoms with E-state index in [1.54, 1.807) is 0 Å². The molecule has 1 aromatic heterocycles. The zero-order valence-electron chi connectivity index (χ0n) is 13.0. The minimum atomic E-state index is -0.583. The number of aromatic nitrogens is 2. The second-order valence-electron chi connectivity index (χ2n) is 5.52. The number of hydrogen-bond donors (Lipinski definition) is 0. The van der Waals surface area contributed by atoms with Crippen molar-refractivity contribution >= 4 is 29.2 Å². The quantitative estimate of drug-likeness (QED) is 0.470. The van der Waals surface area contributed by atoms with E-state index in [0.29, 0.717) is 41.3 Å². The summed E-state index contributed by atoms with van der Waals surface area (Å²) in [5.41, 5.74) is 0.717. The first kappa shape index (κ1) is 17.4. The largest absolute Gasteiger partial charge is 0.377 e. The van der Waals surface area contributed by atoms with E-state index >= 15 is 0 Å². The van der Waals surface area contributed by atoms with Gasteiger partial charge < -0.3 is 9.64 Å². The average Bonchev–Trinajstić information content (AvgIpc) is 2.54. The van der Waals surface area contributed by atoms with Crippen LogP contribution >= 0.6 is 11.6 Å². The Morgan fingerprint density at radius 1 is 1.33 bits per heavy atom. The van der Waals surface area contributed by atoms with Crippen LogP contribution in [0.1, 0.15) is 12.6 Å². The summed E-state index contributed by atoms with van der Waals surface area (Å²) in [5.74, 6) is 0.0748. The number of morpholine rings is 1. The highest BCUT2D eigenvalue weighted by atomic mass is 35.5. The molecule has 0 saturated carbocycles. The second-order valence-corrected chi connectivity index (χ2v) is 6.97. The maximum absolute atomic E-state index is 13.7. The van der Waals surface area contributed by atoms with Crippen LogP contribution in [0.15, 0.2) is 29.2 Å². The molecule has 1 aliphatic rings. The highest BCUT2D eigenvalue weighted by Crippen LogP contribution is 2.21. The zero-order valence-corrected chi connectivity index (χ0v) is 14.7. The molecule has 1 fully saturated rings. The van der Waals surface area contributed by atoms with E-state index in [0.717, 1.165) is 18.4 Å². The van der Waals surface area contributed by atoms with Crippen LogP contribution in [0.2, 0.25) is 5.28 Å². The second kappa shape index (κ2) is 7.63. The Morgan fingerprint density at radius 3 is 2.92 bits per heavy atom. The fourth-order valence-corrected chi connectivity index (χ4v) is 3.61. The van der Waals surface area contributed by atoms with Gasteiger partial charge in [-0.25, -0.2) is 18.7 Å². The van der Waals surface area contributed by atoms with Crippen molar-refractivity contribution in [3.05, 3.63) is 46.9 Å². The number of ether oxygens (including phenoxy) is 1. The number of benzene rings is 1. The summed E-state index contributed by atoms with van der Waals surface area (Å²) in [4.78, 5) is 11.0. The van der Waals surface area contributed by atoms with Crippen LogP contribution in [0.4, 0.5) is 14.6 Å². The first-order valence-corrected chi connectivity index (χ1v) is 8.99. The molecule has 128 valence electrons. The summed E-state index contributed by atoms with van der Waals surface area (Å²) < 4.78 is 32.1. The predicted molar refractivity (Wildman–Crippen MR) is 91.8 cm³/mol. The number of rotatable bonds is 4. The van der Waals surface area contributed by atoms with Crippen LogP contribution < -0.4 is 4.90 Å². The fourth-order valence-electron chi connectivity index (χ4n) is 2.52. The van der Waals surface area contributed by atoms with Gasteiger partial charge in [0.2, 0.25) is 5.28 Å². The third kappa shape index (κ3) is 4.15. The van der Waals surface area contributed by atoms with Gasteiger partial charge in [-0.05, 0) is 30.7 Å². The lowest BCUT2D eigenvalue weighted by Crippen LogP contribution is -2.44. The van der Waals surface area contributed by atoms with Crippen LogP contribution in [0.5, 0.6) is 0 Å². The average molecular weight is 373 g/mol. The van der Waals surface area contributed by atoms with Gasteiger partial charge in [0.05, 0.1) is 24.9 Å². The lowest BCUT2D eigenvalue weighted by Gasteiger charge is -2.34. The van der Waals surface area contributed by atoms with Gasteiger partial charge in [-0.2, -0.15) is 0 Å². The molecule has 2 aromatic rings. The summed E-state index contributed by atoms with van der Waals surface area (Å²) in [6.45, 7) is 4.07. The Bertz CT molecular complexity index is 734. The molecule has 1 saturated heterocycles. The lowest BCUT2D eigenvalue weighted by molar-refractivity contribution is 0.0985. The fraction of sp³-hybridized carbons (Fsp3) is 0.375. The maximum Gasteiger partial charge on any atom is 0.224 e. The zero-order chi connectivity index (χ0) is 17.1. The highest BCUT2D eigenvalue weighted by molar-refractivity contribution is 7.77. The van der Waals surface area contributed by atoms with Crippen molar-refractivity contribution in [1.82, 2.24) is 9.97 Å². The van der Waals surface area contributed by atoms with E-state index in [1.807, 2.05) is 6.07 Å². The predicted octanol–water partition coefficient (Wildman–Crippen LogP) is 3.01. The molecule has 2 heterocycles. The molecule has 0 amide bonds. The Morgan fingerprint density at radius 2 is 2.17 bits per heavy atom. The number of halogens is 3. The minimum absolute atomic E-state index is 0.163. The van der Waals surface area contributed by atoms with Gasteiger partial charge in [0, 0.05) is 30.4 Å². The van der Waals surface area contributed by atoms with Crippen molar-refractivity contribution in [2.75, 3.05) is 24.7 Å². The molecule has 24 heavy (non-hydrogen) atoms. The molecule has 0 unspecified atom stereocenters. The monoisotopic (exact) mass is 372 g/mol. The van der Waals surface area contributed by atoms with E-state index in [9.17, 15) is 8.78 Å². The van der Waals surface area contributed by atoms with Gasteiger partial charge >= 0.3 is 0 Å². The number of hydrogen-bond acceptors (Lipinski definition) is 4. The Kier molecular flexibility index (Phi) is 5.53. The van der Waals surface area contributed by atoms with Crippen LogP contribution in [-0.4, -0.2) is 35.8 Å². The normalized spacial score (nSPS) is 18.0. The minimum Gasteiger partial charge on any atom is -0.377 e. The summed E-state index contributed by atoms with van der Waals surface area (Å²) in [6.07, 6.45) is 0. The van der Waals surface area contributed by atoms with Gasteiger partial charge in [0.25, 0.3) is 0 Å². The van der Waals surface area contributed by atoms with Crippen LogP contribution in [0.3, 0.4) is 0 Å². The van der Waals surface area contributed by atoms with Crippen LogP contribution in [0.25, 0.3) is 0 Å². The number of thiol groups is 1. The van der Waals surface area contributed by atoms with Gasteiger partial charge in [-0.3, -0.25) is 0 Å². The van der Waals surface area contributed by atoms with Crippen LogP contribution in [0, 0.1) is 11.6 Å². The standard InChI is InChI=1S/C16H16ClF2N3OS/c1-10-8-23-5-4-22(10)15-7-12(20-16(17)21-15)9-24-14-3-2-11(18)6-13(14)19/h2-3,6-7,10H,4-5,8-9H2,1H3/p+1/t10-/m0/s1. The molecule has 0 radical (unpaired) electrons. The molecule has 0 bridgehead atoms. The first-order valence-electron chi connectivity index (χ1n) is 7.53. The third-order valence-corrected chi connectivity index (χ3v) is 5.08. The van der Waals surface area contributed by atoms with E-state index in [1.165, 1.54) is 12.1 Å². The molecule has 3 rings (SSSR count). The topological polar surface area (TPSA) is 38.2 Å². The van der Waals surface area contributed by atoms with E-state index in [-0.39, 0.29) is 11.3 Å². The van der Waals surface area contributed by atoms with E-state index in [4.69, 9.17) is 16.3 Å². The molecule has 1 atom stereocenters. The molecule has 1 aromatic carbocycles. The van der Waals surface area contributed by atoms with Gasteiger partial charge in [-0.1, -0.05) is 0 Å². The van der Waals surface area contributed by atoms with Crippen LogP contribution in [-0.2, 0) is 22.3 Å². The highest BCUT2D eigenvalue weighted by Gasteiger charge is 2.22. The maximum atomic E-state index is 13.7. The van der Waals surface area contributed by atoms with Crippen molar-refractivity contribution < 1.29 is 13.5 Å². The van der Waals surface area contributed by atoms with Crippen molar-refractivity contribution in [2.24, 2.45) is 0 Å². The van der Waals surface area contributed by atoms with Gasteiger partial charge in [0.1, 0.15) is 11.6 Å². The smallest absolute Gasteiger partial charge is 0.224 e. The van der Waals surface area contributed by atoms with Crippen molar-refractivity contribution in [1.29, 1.82) is 0 Å². The summed E-state index contributed by atoms with van der Waals surface area (Å²) >= 11 is 6.73. The Balaban J connectivity index is 1.76. The summed E-state index contributed by atoms with van der Waals surface area (Å²) in [7, 11) is 0. The van der Waals surface area contributed by atoms with Crippen molar-refractivity contribution in [2.45, 2.75) is 23.6 Å². The van der Waals surface area contributed by atoms with Gasteiger partial charge in [-0.15, -0.1) is 0 Å². The molecule has 4 nitrogen and oxygen atoms in total. The third-order valence-electron chi connectivity index (χ3n) is 3.72. The van der Waals surface area contributed by atoms with Crippen molar-refractivity contribution in [3.8, 4) is 0 Å². The van der Waals surface area contributed by atoms with E-state index < -0.39 is 11.6 Å². The number of nitrogens with zero attached hydrogens (tertiary/aromatic N) is 3. The summed E-state index contributed by atoms with van der Waals surface area (Å²) in [5, 5.41) is 0.163. The molecule has 0 N–H and O–H groups in total. The molecule has 1 aliphatic heterocycles. The molecular weight excluding hydrogens is 356 g/mol. The van der Waals surface area contributed by atoms with E-state index in [2.05, 4.69) is 21.8 Å². The molecule has 8 heteroatoms. The lowest BCUT2D eigenvalue weighted by atomic mass is 10.2. The molecule has 0 aliphatic carbocycles. The molecule has 0 spiro atoms. The first-order chi connectivity index (χ1) is 11.5. The Labute approximate surface area is 148 Å². The molecular formula is C16H17ClF2N3OS+. The van der Waals surface area contributed by atoms with Gasteiger partial charge in [0.15, 0.2) is 16.5 Å². The number of anilines is 1. The summed E-state index contributed by atoms with van der Waals surface area (Å²) in [6, 6.07) is 5.64.